The molecule has 0 aliphatic carbocycles. The Kier molecular flexibility index (Phi) is 9.01. The van der Waals surface area contributed by atoms with Gasteiger partial charge in [0.2, 0.25) is 0 Å². The Morgan fingerprint density at radius 2 is 1.76 bits per heavy atom. The van der Waals surface area contributed by atoms with Gasteiger partial charge in [-0.2, -0.15) is 5.10 Å². The van der Waals surface area contributed by atoms with Crippen molar-refractivity contribution >= 4 is 17.6 Å². The third-order valence-electron chi connectivity index (χ3n) is 6.66. The largest absolute Gasteiger partial charge is 0.497 e. The maximum absolute atomic E-state index is 13.8. The van der Waals surface area contributed by atoms with Crippen molar-refractivity contribution in [3.63, 3.8) is 0 Å². The third kappa shape index (κ3) is 7.33. The highest BCUT2D eigenvalue weighted by atomic mass is 16.5. The van der Waals surface area contributed by atoms with Gasteiger partial charge in [-0.1, -0.05) is 30.3 Å². The number of hydrogen-bond donors (Lipinski definition) is 1. The van der Waals surface area contributed by atoms with Crippen LogP contribution in [0.15, 0.2) is 59.7 Å². The minimum Gasteiger partial charge on any atom is -0.497 e. The molecule has 1 saturated heterocycles. The molecule has 2 aromatic rings. The second-order valence-electron chi connectivity index (χ2n) is 10.7. The molecular formula is C29H39N5O4. The smallest absolute Gasteiger partial charge is 0.318 e. The Labute approximate surface area is 225 Å². The maximum Gasteiger partial charge on any atom is 0.318 e. The Morgan fingerprint density at radius 1 is 1.08 bits per heavy atom. The maximum atomic E-state index is 13.8. The number of urea groups is 1. The van der Waals surface area contributed by atoms with Crippen LogP contribution >= 0.6 is 0 Å². The van der Waals surface area contributed by atoms with Crippen molar-refractivity contribution < 1.29 is 19.1 Å². The molecule has 1 atom stereocenters. The van der Waals surface area contributed by atoms with Crippen molar-refractivity contribution in [3.8, 4) is 5.75 Å². The van der Waals surface area contributed by atoms with Gasteiger partial charge in [0.15, 0.2) is 0 Å². The van der Waals surface area contributed by atoms with Gasteiger partial charge in [-0.05, 0) is 56.2 Å². The average molecular weight is 522 g/mol. The minimum atomic E-state index is -0.419. The number of ether oxygens (including phenoxy) is 2. The van der Waals surface area contributed by atoms with Crippen LogP contribution in [0, 0.1) is 0 Å². The zero-order chi connectivity index (χ0) is 27.1. The molecule has 2 aromatic carbocycles. The lowest BCUT2D eigenvalue weighted by molar-refractivity contribution is -0.133. The van der Waals surface area contributed by atoms with E-state index in [2.05, 4.69) is 10.2 Å². The SMILES string of the molecule is COc1ccc(C2=NN(C(=O)CN(CCN3CCOCC3)C(=O)NC(C)(C)C)[C@H](c3ccccc3)C2)cc1. The van der Waals surface area contributed by atoms with Crippen LogP contribution in [0.1, 0.15) is 44.4 Å². The number of rotatable bonds is 8. The minimum absolute atomic E-state index is 0.0605. The van der Waals surface area contributed by atoms with Crippen molar-refractivity contribution in [1.29, 1.82) is 0 Å². The number of carbonyl (C=O) groups excluding carboxylic acids is 2. The van der Waals surface area contributed by atoms with E-state index in [1.807, 2.05) is 75.4 Å². The summed E-state index contributed by atoms with van der Waals surface area (Å²) in [5.41, 5.74) is 2.36. The lowest BCUT2D eigenvalue weighted by atomic mass is 9.98. The topological polar surface area (TPSA) is 86.7 Å². The van der Waals surface area contributed by atoms with E-state index in [0.29, 0.717) is 32.7 Å². The van der Waals surface area contributed by atoms with E-state index >= 15 is 0 Å². The quantitative estimate of drug-likeness (QED) is 0.575. The molecule has 1 N–H and O–H groups in total. The predicted octanol–water partition coefficient (Wildman–Crippen LogP) is 3.52. The van der Waals surface area contributed by atoms with Gasteiger partial charge in [0.1, 0.15) is 12.3 Å². The molecule has 0 spiro atoms. The summed E-state index contributed by atoms with van der Waals surface area (Å²) >= 11 is 0. The monoisotopic (exact) mass is 521 g/mol. The zero-order valence-corrected chi connectivity index (χ0v) is 22.9. The normalized spacial score (nSPS) is 18.2. The highest BCUT2D eigenvalue weighted by molar-refractivity contribution is 6.03. The molecule has 1 fully saturated rings. The zero-order valence-electron chi connectivity index (χ0n) is 22.9. The van der Waals surface area contributed by atoms with Crippen LogP contribution in [0.5, 0.6) is 5.75 Å². The van der Waals surface area contributed by atoms with Crippen LogP contribution in [0.3, 0.4) is 0 Å². The average Bonchev–Trinajstić information content (AvgIpc) is 3.37. The molecule has 0 saturated carbocycles. The lowest BCUT2D eigenvalue weighted by Crippen LogP contribution is -2.53. The molecule has 4 rings (SSSR count). The fraction of sp³-hybridized carbons (Fsp3) is 0.483. The Hall–Kier alpha value is -3.43. The predicted molar refractivity (Wildman–Crippen MR) is 147 cm³/mol. The van der Waals surface area contributed by atoms with E-state index in [-0.39, 0.29) is 24.5 Å². The molecule has 0 unspecified atom stereocenters. The van der Waals surface area contributed by atoms with E-state index in [1.165, 1.54) is 0 Å². The Balaban J connectivity index is 1.55. The van der Waals surface area contributed by atoms with Crippen LogP contribution in [-0.4, -0.2) is 91.0 Å². The van der Waals surface area contributed by atoms with Crippen molar-refractivity contribution in [3.05, 3.63) is 65.7 Å². The summed E-state index contributed by atoms with van der Waals surface area (Å²) in [4.78, 5) is 30.9. The number of amides is 3. The molecular weight excluding hydrogens is 482 g/mol. The van der Waals surface area contributed by atoms with Gasteiger partial charge in [0, 0.05) is 38.1 Å². The van der Waals surface area contributed by atoms with Crippen LogP contribution in [0.4, 0.5) is 4.79 Å². The molecule has 0 aromatic heterocycles. The molecule has 2 aliphatic rings. The second kappa shape index (κ2) is 12.4. The summed E-state index contributed by atoms with van der Waals surface area (Å²) in [5, 5.41) is 9.36. The standard InChI is InChI=1S/C29H39N5O4/c1-29(2,3)30-28(36)33(15-14-32-16-18-38-19-17-32)21-27(35)34-26(23-8-6-5-7-9-23)20-25(31-34)22-10-12-24(37-4)13-11-22/h5-13,26H,14-21H2,1-4H3,(H,30,36)/t26-/m0/s1. The van der Waals surface area contributed by atoms with E-state index in [0.717, 1.165) is 35.7 Å². The fourth-order valence-electron chi connectivity index (χ4n) is 4.61. The first-order chi connectivity index (χ1) is 18.2. The third-order valence-corrected chi connectivity index (χ3v) is 6.66. The summed E-state index contributed by atoms with van der Waals surface area (Å²) in [6.45, 7) is 9.86. The van der Waals surface area contributed by atoms with E-state index in [4.69, 9.17) is 14.6 Å². The number of benzene rings is 2. The van der Waals surface area contributed by atoms with E-state index < -0.39 is 5.54 Å². The molecule has 9 heteroatoms. The number of methoxy groups -OCH3 is 1. The van der Waals surface area contributed by atoms with Crippen molar-refractivity contribution in [2.75, 3.05) is 53.0 Å². The second-order valence-corrected chi connectivity index (χ2v) is 10.7. The molecule has 9 nitrogen and oxygen atoms in total. The molecule has 38 heavy (non-hydrogen) atoms. The first-order valence-corrected chi connectivity index (χ1v) is 13.2. The van der Waals surface area contributed by atoms with Crippen molar-refractivity contribution in [1.82, 2.24) is 20.1 Å². The summed E-state index contributed by atoms with van der Waals surface area (Å²) in [6, 6.07) is 17.1. The van der Waals surface area contributed by atoms with Crippen LogP contribution in [0.2, 0.25) is 0 Å². The Bertz CT molecular complexity index is 1110. The number of morpholine rings is 1. The number of nitrogens with zero attached hydrogens (tertiary/aromatic N) is 4. The van der Waals surface area contributed by atoms with Gasteiger partial charge in [0.25, 0.3) is 5.91 Å². The summed E-state index contributed by atoms with van der Waals surface area (Å²) in [5.74, 6) is 0.550. The first kappa shape index (κ1) is 27.6. The van der Waals surface area contributed by atoms with Gasteiger partial charge in [-0.25, -0.2) is 9.80 Å². The van der Waals surface area contributed by atoms with Gasteiger partial charge >= 0.3 is 6.03 Å². The van der Waals surface area contributed by atoms with Gasteiger partial charge in [-0.3, -0.25) is 9.69 Å². The van der Waals surface area contributed by atoms with Gasteiger partial charge in [-0.15, -0.1) is 0 Å². The van der Waals surface area contributed by atoms with Gasteiger partial charge < -0.3 is 19.7 Å². The van der Waals surface area contributed by atoms with Crippen LogP contribution < -0.4 is 10.1 Å². The van der Waals surface area contributed by atoms with Crippen molar-refractivity contribution in [2.24, 2.45) is 5.10 Å². The summed E-state index contributed by atoms with van der Waals surface area (Å²) in [7, 11) is 1.63. The number of hydrogen-bond acceptors (Lipinski definition) is 6. The van der Waals surface area contributed by atoms with E-state index in [9.17, 15) is 9.59 Å². The molecule has 0 bridgehead atoms. The fourth-order valence-corrected chi connectivity index (χ4v) is 4.61. The summed E-state index contributed by atoms with van der Waals surface area (Å²) in [6.07, 6.45) is 0.587. The Morgan fingerprint density at radius 3 is 2.39 bits per heavy atom. The molecule has 204 valence electrons. The highest BCUT2D eigenvalue weighted by Crippen LogP contribution is 2.33. The lowest BCUT2D eigenvalue weighted by Gasteiger charge is -2.32. The van der Waals surface area contributed by atoms with Crippen molar-refractivity contribution in [2.45, 2.75) is 38.8 Å². The van der Waals surface area contributed by atoms with E-state index in [1.54, 1.807) is 17.0 Å². The molecule has 2 heterocycles. The summed E-state index contributed by atoms with van der Waals surface area (Å²) < 4.78 is 10.7. The molecule has 3 amide bonds. The van der Waals surface area contributed by atoms with Crippen LogP contribution in [-0.2, 0) is 9.53 Å². The van der Waals surface area contributed by atoms with Gasteiger partial charge in [0.05, 0.1) is 32.1 Å². The van der Waals surface area contributed by atoms with Crippen LogP contribution in [0.25, 0.3) is 0 Å². The molecule has 0 radical (unpaired) electrons. The number of hydrazone groups is 1. The number of nitrogens with one attached hydrogen (secondary N) is 1. The highest BCUT2D eigenvalue weighted by Gasteiger charge is 2.35. The number of carbonyl (C=O) groups is 2. The first-order valence-electron chi connectivity index (χ1n) is 13.2. The molecule has 2 aliphatic heterocycles.